The predicted octanol–water partition coefficient (Wildman–Crippen LogP) is 1.44. The summed E-state index contributed by atoms with van der Waals surface area (Å²) in [5.74, 6) is 0.375. The fraction of sp³-hybridized carbons (Fsp3) is 1.00. The minimum Gasteiger partial charge on any atom is -0.378 e. The molecule has 0 bridgehead atoms. The maximum atomic E-state index is 12.8. The van der Waals surface area contributed by atoms with Crippen molar-refractivity contribution in [2.45, 2.75) is 44.7 Å². The molecular weight excluding hydrogens is 288 g/mol. The average Bonchev–Trinajstić information content (AvgIpc) is 2.47. The number of halogens is 1. The lowest BCUT2D eigenvalue weighted by atomic mass is 10.1. The van der Waals surface area contributed by atoms with Gasteiger partial charge in [-0.3, -0.25) is 0 Å². The third-order valence-corrected chi connectivity index (χ3v) is 6.49. The Morgan fingerprint density at radius 1 is 1.21 bits per heavy atom. The smallest absolute Gasteiger partial charge is 0.282 e. The zero-order valence-electron chi connectivity index (χ0n) is 11.4. The van der Waals surface area contributed by atoms with Crippen LogP contribution in [0, 0.1) is 0 Å². The molecule has 2 unspecified atom stereocenters. The Morgan fingerprint density at radius 3 is 2.63 bits per heavy atom. The second kappa shape index (κ2) is 6.72. The molecule has 2 atom stereocenters. The number of piperidine rings is 1. The summed E-state index contributed by atoms with van der Waals surface area (Å²) >= 11 is 5.94. The van der Waals surface area contributed by atoms with Crippen molar-refractivity contribution < 1.29 is 13.2 Å². The molecule has 0 aliphatic carbocycles. The first-order valence-electron chi connectivity index (χ1n) is 7.03. The number of nitrogens with zero attached hydrogens (tertiary/aromatic N) is 2. The lowest BCUT2D eigenvalue weighted by molar-refractivity contribution is 0.0272. The monoisotopic (exact) mass is 310 g/mol. The van der Waals surface area contributed by atoms with E-state index < -0.39 is 10.2 Å². The maximum Gasteiger partial charge on any atom is 0.282 e. The van der Waals surface area contributed by atoms with Gasteiger partial charge in [-0.15, -0.1) is 11.6 Å². The molecule has 0 amide bonds. The highest BCUT2D eigenvalue weighted by Gasteiger charge is 2.40. The zero-order valence-corrected chi connectivity index (χ0v) is 13.0. The van der Waals surface area contributed by atoms with Crippen LogP contribution in [0.5, 0.6) is 0 Å². The molecule has 0 aromatic rings. The molecule has 2 aliphatic heterocycles. The number of alkyl halides is 1. The predicted molar refractivity (Wildman–Crippen MR) is 75.6 cm³/mol. The van der Waals surface area contributed by atoms with Crippen LogP contribution in [0.3, 0.4) is 0 Å². The summed E-state index contributed by atoms with van der Waals surface area (Å²) in [6.45, 7) is 4.02. The van der Waals surface area contributed by atoms with E-state index in [-0.39, 0.29) is 12.1 Å². The van der Waals surface area contributed by atoms with E-state index in [0.717, 1.165) is 25.7 Å². The fourth-order valence-electron chi connectivity index (χ4n) is 2.83. The standard InChI is InChI=1S/C12H23ClN2O3S/c1-2-11-10-18-8-7-15(11)19(16,17)14-6-4-3-5-12(14)9-13/h11-12H,2-10H2,1H3. The summed E-state index contributed by atoms with van der Waals surface area (Å²) in [6.07, 6.45) is 3.62. The van der Waals surface area contributed by atoms with Crippen molar-refractivity contribution in [2.75, 3.05) is 32.2 Å². The van der Waals surface area contributed by atoms with Gasteiger partial charge in [0, 0.05) is 31.1 Å². The molecule has 0 radical (unpaired) electrons. The molecule has 0 aromatic carbocycles. The molecule has 2 aliphatic rings. The molecule has 0 saturated carbocycles. The Hall–Kier alpha value is 0.120. The minimum atomic E-state index is -3.41. The van der Waals surface area contributed by atoms with Crippen LogP contribution in [0.15, 0.2) is 0 Å². The van der Waals surface area contributed by atoms with Crippen molar-refractivity contribution >= 4 is 21.8 Å². The second-order valence-corrected chi connectivity index (χ2v) is 7.31. The van der Waals surface area contributed by atoms with Crippen molar-refractivity contribution in [3.8, 4) is 0 Å². The highest BCUT2D eigenvalue weighted by Crippen LogP contribution is 2.26. The lowest BCUT2D eigenvalue weighted by Crippen LogP contribution is -2.57. The molecule has 19 heavy (non-hydrogen) atoms. The Morgan fingerprint density at radius 2 is 1.95 bits per heavy atom. The van der Waals surface area contributed by atoms with Crippen LogP contribution < -0.4 is 0 Å². The van der Waals surface area contributed by atoms with E-state index in [1.807, 2.05) is 6.92 Å². The first kappa shape index (κ1) is 15.5. The Labute approximate surface area is 121 Å². The van der Waals surface area contributed by atoms with Crippen LogP contribution in [0.2, 0.25) is 0 Å². The van der Waals surface area contributed by atoms with Crippen molar-refractivity contribution in [1.29, 1.82) is 0 Å². The normalized spacial score (nSPS) is 31.5. The van der Waals surface area contributed by atoms with Gasteiger partial charge in [0.25, 0.3) is 10.2 Å². The molecule has 0 aromatic heterocycles. The molecule has 5 nitrogen and oxygen atoms in total. The summed E-state index contributed by atoms with van der Waals surface area (Å²) in [6, 6.07) is -0.0996. The third-order valence-electron chi connectivity index (χ3n) is 3.99. The van der Waals surface area contributed by atoms with E-state index in [1.54, 1.807) is 8.61 Å². The molecule has 0 spiro atoms. The van der Waals surface area contributed by atoms with E-state index in [1.165, 1.54) is 0 Å². The molecule has 112 valence electrons. The van der Waals surface area contributed by atoms with Crippen molar-refractivity contribution in [2.24, 2.45) is 0 Å². The van der Waals surface area contributed by atoms with Crippen LogP contribution in [0.4, 0.5) is 0 Å². The van der Waals surface area contributed by atoms with Crippen LogP contribution in [0.1, 0.15) is 32.6 Å². The van der Waals surface area contributed by atoms with Gasteiger partial charge in [0.05, 0.1) is 13.2 Å². The number of morpholine rings is 1. The highest BCUT2D eigenvalue weighted by molar-refractivity contribution is 7.86. The number of ether oxygens (including phenoxy) is 1. The van der Waals surface area contributed by atoms with Gasteiger partial charge < -0.3 is 4.74 Å². The van der Waals surface area contributed by atoms with Gasteiger partial charge in [-0.2, -0.15) is 17.0 Å². The van der Waals surface area contributed by atoms with Crippen molar-refractivity contribution in [3.05, 3.63) is 0 Å². The average molecular weight is 311 g/mol. The minimum absolute atomic E-state index is 0.0448. The summed E-state index contributed by atoms with van der Waals surface area (Å²) in [4.78, 5) is 0. The zero-order chi connectivity index (χ0) is 13.9. The molecular formula is C12H23ClN2O3S. The lowest BCUT2D eigenvalue weighted by Gasteiger charge is -2.41. The first-order valence-corrected chi connectivity index (χ1v) is 8.96. The van der Waals surface area contributed by atoms with Gasteiger partial charge in [-0.25, -0.2) is 0 Å². The fourth-order valence-corrected chi connectivity index (χ4v) is 5.31. The summed E-state index contributed by atoms with van der Waals surface area (Å²) in [7, 11) is -3.41. The van der Waals surface area contributed by atoms with Crippen LogP contribution in [-0.2, 0) is 14.9 Å². The van der Waals surface area contributed by atoms with Crippen molar-refractivity contribution in [3.63, 3.8) is 0 Å². The van der Waals surface area contributed by atoms with Gasteiger partial charge in [-0.1, -0.05) is 13.3 Å². The molecule has 2 fully saturated rings. The van der Waals surface area contributed by atoms with Crippen molar-refractivity contribution in [1.82, 2.24) is 8.61 Å². The highest BCUT2D eigenvalue weighted by atomic mass is 35.5. The topological polar surface area (TPSA) is 49.9 Å². The summed E-state index contributed by atoms with van der Waals surface area (Å²) in [5.41, 5.74) is 0. The van der Waals surface area contributed by atoms with E-state index in [0.29, 0.717) is 32.2 Å². The van der Waals surface area contributed by atoms with Crippen LogP contribution in [0.25, 0.3) is 0 Å². The quantitative estimate of drug-likeness (QED) is 0.738. The number of hydrogen-bond acceptors (Lipinski definition) is 3. The Kier molecular flexibility index (Phi) is 5.48. The molecule has 0 N–H and O–H groups in total. The summed E-state index contributed by atoms with van der Waals surface area (Å²) < 4.78 is 34.2. The van der Waals surface area contributed by atoms with Gasteiger partial charge >= 0.3 is 0 Å². The van der Waals surface area contributed by atoms with E-state index in [2.05, 4.69) is 0 Å². The SMILES string of the molecule is CCC1COCCN1S(=O)(=O)N1CCCCC1CCl. The van der Waals surface area contributed by atoms with Gasteiger partial charge in [0.2, 0.25) is 0 Å². The maximum absolute atomic E-state index is 12.8. The van der Waals surface area contributed by atoms with Crippen LogP contribution >= 0.6 is 11.6 Å². The Balaban J connectivity index is 2.19. The summed E-state index contributed by atoms with van der Waals surface area (Å²) in [5, 5.41) is 0. The molecule has 2 rings (SSSR count). The molecule has 7 heteroatoms. The molecule has 2 saturated heterocycles. The Bertz CT molecular complexity index is 360. The van der Waals surface area contributed by atoms with Gasteiger partial charge in [0.1, 0.15) is 0 Å². The van der Waals surface area contributed by atoms with E-state index >= 15 is 0 Å². The van der Waals surface area contributed by atoms with Gasteiger partial charge in [-0.05, 0) is 19.3 Å². The number of rotatable bonds is 4. The largest absolute Gasteiger partial charge is 0.378 e. The molecule has 2 heterocycles. The van der Waals surface area contributed by atoms with Gasteiger partial charge in [0.15, 0.2) is 0 Å². The van der Waals surface area contributed by atoms with Crippen LogP contribution in [-0.4, -0.2) is 61.3 Å². The second-order valence-electron chi connectivity index (χ2n) is 5.17. The van der Waals surface area contributed by atoms with E-state index in [4.69, 9.17) is 16.3 Å². The van der Waals surface area contributed by atoms with E-state index in [9.17, 15) is 8.42 Å². The number of hydrogen-bond donors (Lipinski definition) is 0. The first-order chi connectivity index (χ1) is 9.11. The third kappa shape index (κ3) is 3.24.